The molecule has 1 aliphatic heterocycles. The van der Waals surface area contributed by atoms with Gasteiger partial charge in [0, 0.05) is 6.42 Å². The van der Waals surface area contributed by atoms with E-state index in [2.05, 4.69) is 25.2 Å². The molecular formula is C20H32O4. The number of aliphatic hydroxyl groups is 1. The monoisotopic (exact) mass is 336 g/mol. The average molecular weight is 336 g/mol. The number of unbranched alkanes of at least 4 members (excludes halogenated alkanes) is 3. The van der Waals surface area contributed by atoms with Gasteiger partial charge in [0.25, 0.3) is 0 Å². The average Bonchev–Trinajstić information content (AvgIpc) is 3.30. The third-order valence-corrected chi connectivity index (χ3v) is 3.98. The van der Waals surface area contributed by atoms with E-state index in [1.807, 2.05) is 18.2 Å². The number of aliphatic carboxylic acids is 1. The first-order valence-corrected chi connectivity index (χ1v) is 9.17. The number of rotatable bonds is 14. The summed E-state index contributed by atoms with van der Waals surface area (Å²) < 4.78 is 5.55. The van der Waals surface area contributed by atoms with Crippen molar-refractivity contribution in [3.8, 4) is 0 Å². The maximum Gasteiger partial charge on any atom is 0.303 e. The van der Waals surface area contributed by atoms with Crippen LogP contribution in [-0.4, -0.2) is 34.5 Å². The number of carboxylic acids is 1. The molecule has 1 fully saturated rings. The number of aliphatic hydroxyl groups excluding tert-OH is 1. The zero-order valence-electron chi connectivity index (χ0n) is 14.8. The fourth-order valence-electron chi connectivity index (χ4n) is 2.44. The quantitative estimate of drug-likeness (QED) is 0.280. The van der Waals surface area contributed by atoms with E-state index in [-0.39, 0.29) is 24.7 Å². The molecule has 136 valence electrons. The van der Waals surface area contributed by atoms with Crippen LogP contribution in [0.1, 0.15) is 64.7 Å². The first-order valence-electron chi connectivity index (χ1n) is 9.17. The molecule has 1 rings (SSSR count). The zero-order valence-corrected chi connectivity index (χ0v) is 14.8. The lowest BCUT2D eigenvalue weighted by Crippen LogP contribution is -2.02. The second-order valence-corrected chi connectivity index (χ2v) is 6.29. The van der Waals surface area contributed by atoms with E-state index in [0.717, 1.165) is 32.1 Å². The zero-order chi connectivity index (χ0) is 17.6. The number of ether oxygens (including phenoxy) is 1. The lowest BCUT2D eigenvalue weighted by Gasteiger charge is -2.03. The standard InChI is InChI=1S/C20H32O4/c1-2-3-9-12-17(21)15-16-19-18(24-19)13-10-7-5-4-6-8-11-14-20(22)23/h4,6-7,10,15-19,21H,2-3,5,8-9,11-14H2,1H3,(H,22,23). The van der Waals surface area contributed by atoms with Crippen LogP contribution in [0.3, 0.4) is 0 Å². The molecule has 3 unspecified atom stereocenters. The van der Waals surface area contributed by atoms with Crippen LogP contribution in [0.25, 0.3) is 0 Å². The van der Waals surface area contributed by atoms with Gasteiger partial charge in [0.15, 0.2) is 0 Å². The van der Waals surface area contributed by atoms with Gasteiger partial charge >= 0.3 is 5.97 Å². The molecule has 3 atom stereocenters. The number of hydrogen-bond acceptors (Lipinski definition) is 3. The van der Waals surface area contributed by atoms with E-state index in [0.29, 0.717) is 6.42 Å². The summed E-state index contributed by atoms with van der Waals surface area (Å²) in [6, 6.07) is 0. The van der Waals surface area contributed by atoms with Crippen molar-refractivity contribution in [2.75, 3.05) is 0 Å². The maximum absolute atomic E-state index is 10.3. The topological polar surface area (TPSA) is 70.1 Å². The highest BCUT2D eigenvalue weighted by atomic mass is 16.6. The number of carbonyl (C=O) groups is 1. The molecule has 0 amide bonds. The first kappa shape index (κ1) is 20.7. The van der Waals surface area contributed by atoms with Gasteiger partial charge in [-0.25, -0.2) is 0 Å². The molecule has 0 bridgehead atoms. The van der Waals surface area contributed by atoms with Crippen molar-refractivity contribution in [3.05, 3.63) is 36.5 Å². The van der Waals surface area contributed by atoms with Crippen molar-refractivity contribution >= 4 is 5.97 Å². The van der Waals surface area contributed by atoms with Crippen LogP contribution in [0.15, 0.2) is 36.5 Å². The van der Waals surface area contributed by atoms with E-state index in [1.54, 1.807) is 0 Å². The highest BCUT2D eigenvalue weighted by Gasteiger charge is 2.34. The maximum atomic E-state index is 10.3. The molecule has 0 aromatic carbocycles. The minimum atomic E-state index is -0.732. The molecule has 0 radical (unpaired) electrons. The molecule has 1 saturated heterocycles. The molecular weight excluding hydrogens is 304 g/mol. The Bertz CT molecular complexity index is 425. The van der Waals surface area contributed by atoms with Crippen LogP contribution >= 0.6 is 0 Å². The summed E-state index contributed by atoms with van der Waals surface area (Å²) in [5.74, 6) is -0.732. The van der Waals surface area contributed by atoms with E-state index in [4.69, 9.17) is 9.84 Å². The Balaban J connectivity index is 2.01. The predicted octanol–water partition coefficient (Wildman–Crippen LogP) is 4.40. The molecule has 2 N–H and O–H groups in total. The van der Waals surface area contributed by atoms with Crippen molar-refractivity contribution in [2.24, 2.45) is 0 Å². The molecule has 0 aliphatic carbocycles. The van der Waals surface area contributed by atoms with E-state index in [9.17, 15) is 9.90 Å². The Labute approximate surface area is 145 Å². The van der Waals surface area contributed by atoms with Crippen molar-refractivity contribution in [2.45, 2.75) is 83.0 Å². The molecule has 0 aromatic heterocycles. The molecule has 1 aliphatic rings. The number of allylic oxidation sites excluding steroid dienone is 3. The minimum absolute atomic E-state index is 0.155. The van der Waals surface area contributed by atoms with Gasteiger partial charge in [-0.1, -0.05) is 62.6 Å². The summed E-state index contributed by atoms with van der Waals surface area (Å²) in [5, 5.41) is 18.3. The van der Waals surface area contributed by atoms with Crippen LogP contribution in [0.2, 0.25) is 0 Å². The van der Waals surface area contributed by atoms with Gasteiger partial charge in [0.2, 0.25) is 0 Å². The summed E-state index contributed by atoms with van der Waals surface area (Å²) in [6.45, 7) is 2.16. The Kier molecular flexibility index (Phi) is 11.2. The Morgan fingerprint density at radius 1 is 1.17 bits per heavy atom. The van der Waals surface area contributed by atoms with Crippen molar-refractivity contribution in [1.82, 2.24) is 0 Å². The Morgan fingerprint density at radius 3 is 2.71 bits per heavy atom. The van der Waals surface area contributed by atoms with Gasteiger partial charge in [-0.05, 0) is 32.1 Å². The van der Waals surface area contributed by atoms with Gasteiger partial charge < -0.3 is 14.9 Å². The number of carboxylic acid groups (broad SMARTS) is 1. The summed E-state index contributed by atoms with van der Waals surface area (Å²) in [7, 11) is 0. The van der Waals surface area contributed by atoms with E-state index in [1.165, 1.54) is 12.8 Å². The highest BCUT2D eigenvalue weighted by molar-refractivity contribution is 5.66. The third kappa shape index (κ3) is 11.2. The van der Waals surface area contributed by atoms with Gasteiger partial charge in [-0.15, -0.1) is 0 Å². The lowest BCUT2D eigenvalue weighted by atomic mass is 10.1. The summed E-state index contributed by atoms with van der Waals surface area (Å²) >= 11 is 0. The predicted molar refractivity (Wildman–Crippen MR) is 97.0 cm³/mol. The van der Waals surface area contributed by atoms with Crippen LogP contribution in [-0.2, 0) is 9.53 Å². The second kappa shape index (κ2) is 13.0. The Hall–Kier alpha value is -1.39. The first-order chi connectivity index (χ1) is 11.6. The molecule has 0 aromatic rings. The lowest BCUT2D eigenvalue weighted by molar-refractivity contribution is -0.137. The SMILES string of the molecule is CCCCCC(O)C=CC1OC1CC=CCC=CCCCC(=O)O. The molecule has 0 spiro atoms. The minimum Gasteiger partial charge on any atom is -0.481 e. The van der Waals surface area contributed by atoms with Gasteiger partial charge in [-0.3, -0.25) is 4.79 Å². The summed E-state index contributed by atoms with van der Waals surface area (Å²) in [4.78, 5) is 10.3. The number of epoxide rings is 1. The number of hydrogen-bond donors (Lipinski definition) is 2. The summed E-state index contributed by atoms with van der Waals surface area (Å²) in [5.41, 5.74) is 0. The fourth-order valence-corrected chi connectivity index (χ4v) is 2.44. The molecule has 1 heterocycles. The second-order valence-electron chi connectivity index (χ2n) is 6.29. The molecule has 24 heavy (non-hydrogen) atoms. The smallest absolute Gasteiger partial charge is 0.303 e. The van der Waals surface area contributed by atoms with Gasteiger partial charge in [-0.2, -0.15) is 0 Å². The Morgan fingerprint density at radius 2 is 1.96 bits per heavy atom. The third-order valence-electron chi connectivity index (χ3n) is 3.98. The fraction of sp³-hybridized carbons (Fsp3) is 0.650. The van der Waals surface area contributed by atoms with E-state index < -0.39 is 5.97 Å². The van der Waals surface area contributed by atoms with Gasteiger partial charge in [0.1, 0.15) is 6.10 Å². The largest absolute Gasteiger partial charge is 0.481 e. The van der Waals surface area contributed by atoms with Crippen LogP contribution in [0, 0.1) is 0 Å². The van der Waals surface area contributed by atoms with Crippen LogP contribution < -0.4 is 0 Å². The summed E-state index contributed by atoms with van der Waals surface area (Å²) in [6.07, 6.45) is 20.0. The molecule has 4 nitrogen and oxygen atoms in total. The van der Waals surface area contributed by atoms with Crippen molar-refractivity contribution in [3.63, 3.8) is 0 Å². The molecule has 4 heteroatoms. The van der Waals surface area contributed by atoms with Crippen molar-refractivity contribution in [1.29, 1.82) is 0 Å². The normalized spacial score (nSPS) is 21.9. The van der Waals surface area contributed by atoms with E-state index >= 15 is 0 Å². The van der Waals surface area contributed by atoms with Crippen molar-refractivity contribution < 1.29 is 19.7 Å². The van der Waals surface area contributed by atoms with Crippen LogP contribution in [0.4, 0.5) is 0 Å². The van der Waals surface area contributed by atoms with Crippen LogP contribution in [0.5, 0.6) is 0 Å². The van der Waals surface area contributed by atoms with Gasteiger partial charge in [0.05, 0.1) is 12.2 Å². The molecule has 0 saturated carbocycles. The highest BCUT2D eigenvalue weighted by Crippen LogP contribution is 2.27.